The summed E-state index contributed by atoms with van der Waals surface area (Å²) in [5, 5.41) is 4.86. The van der Waals surface area contributed by atoms with Crippen molar-refractivity contribution in [3.63, 3.8) is 0 Å². The van der Waals surface area contributed by atoms with Crippen molar-refractivity contribution in [2.75, 3.05) is 51.6 Å². The summed E-state index contributed by atoms with van der Waals surface area (Å²) in [6, 6.07) is 3.81. The summed E-state index contributed by atoms with van der Waals surface area (Å²) in [5.41, 5.74) is 1.93. The molecule has 0 radical (unpaired) electrons. The van der Waals surface area contributed by atoms with E-state index in [-0.39, 0.29) is 0 Å². The van der Waals surface area contributed by atoms with Gasteiger partial charge < -0.3 is 10.2 Å². The molecule has 0 bridgehead atoms. The number of benzene rings is 1. The predicted molar refractivity (Wildman–Crippen MR) is 83.6 cm³/mol. The van der Waals surface area contributed by atoms with Gasteiger partial charge >= 0.3 is 0 Å². The van der Waals surface area contributed by atoms with Gasteiger partial charge in [-0.05, 0) is 31.7 Å². The molecule has 0 saturated carbocycles. The van der Waals surface area contributed by atoms with Crippen LogP contribution >= 0.6 is 23.2 Å². The second-order valence-corrected chi connectivity index (χ2v) is 5.97. The van der Waals surface area contributed by atoms with Crippen molar-refractivity contribution < 1.29 is 0 Å². The molecule has 0 spiro atoms. The third kappa shape index (κ3) is 4.25. The van der Waals surface area contributed by atoms with Gasteiger partial charge in [0.2, 0.25) is 0 Å². The van der Waals surface area contributed by atoms with Crippen molar-refractivity contribution >= 4 is 28.9 Å². The summed E-state index contributed by atoms with van der Waals surface area (Å²) in [5.74, 6) is 0. The number of hydrogen-bond donors (Lipinski definition) is 1. The average Bonchev–Trinajstić information content (AvgIpc) is 2.38. The van der Waals surface area contributed by atoms with Crippen LogP contribution < -0.4 is 5.32 Å². The summed E-state index contributed by atoms with van der Waals surface area (Å²) in [7, 11) is 2.17. The lowest BCUT2D eigenvalue weighted by Crippen LogP contribution is -2.45. The maximum Gasteiger partial charge on any atom is 0.0641 e. The summed E-state index contributed by atoms with van der Waals surface area (Å²) in [6.07, 6.45) is 0. The molecule has 1 heterocycles. The van der Waals surface area contributed by atoms with Crippen LogP contribution in [0.2, 0.25) is 10.0 Å². The van der Waals surface area contributed by atoms with Crippen molar-refractivity contribution in [3.05, 3.63) is 27.7 Å². The lowest BCUT2D eigenvalue weighted by atomic mass is 10.2. The largest absolute Gasteiger partial charge is 0.383 e. The van der Waals surface area contributed by atoms with E-state index >= 15 is 0 Å². The Morgan fingerprint density at radius 3 is 2.47 bits per heavy atom. The van der Waals surface area contributed by atoms with E-state index in [2.05, 4.69) is 22.2 Å². The Bertz CT molecular complexity index is 429. The lowest BCUT2D eigenvalue weighted by molar-refractivity contribution is 0.158. The highest BCUT2D eigenvalue weighted by atomic mass is 35.5. The Balaban J connectivity index is 1.81. The highest BCUT2D eigenvalue weighted by molar-refractivity contribution is 6.35. The minimum Gasteiger partial charge on any atom is -0.383 e. The van der Waals surface area contributed by atoms with E-state index in [1.807, 2.05) is 19.1 Å². The molecule has 0 aromatic heterocycles. The quantitative estimate of drug-likeness (QED) is 0.922. The van der Waals surface area contributed by atoms with E-state index in [0.29, 0.717) is 0 Å². The van der Waals surface area contributed by atoms with Gasteiger partial charge in [0, 0.05) is 44.3 Å². The van der Waals surface area contributed by atoms with Gasteiger partial charge in [0.25, 0.3) is 0 Å². The fourth-order valence-electron chi connectivity index (χ4n) is 2.20. The molecule has 0 atom stereocenters. The van der Waals surface area contributed by atoms with Gasteiger partial charge in [-0.1, -0.05) is 23.2 Å². The average molecular weight is 302 g/mol. The van der Waals surface area contributed by atoms with E-state index in [1.165, 1.54) is 0 Å². The molecular weight excluding hydrogens is 281 g/mol. The van der Waals surface area contributed by atoms with E-state index in [9.17, 15) is 0 Å². The summed E-state index contributed by atoms with van der Waals surface area (Å²) in [4.78, 5) is 4.83. The van der Waals surface area contributed by atoms with Crippen LogP contribution in [0.3, 0.4) is 0 Å². The normalized spacial score (nSPS) is 17.7. The van der Waals surface area contributed by atoms with Crippen LogP contribution in [0, 0.1) is 6.92 Å². The van der Waals surface area contributed by atoms with Crippen molar-refractivity contribution in [1.82, 2.24) is 9.80 Å². The maximum atomic E-state index is 6.20. The predicted octanol–water partition coefficient (Wildman–Crippen LogP) is 2.96. The van der Waals surface area contributed by atoms with Crippen LogP contribution in [-0.4, -0.2) is 56.1 Å². The second-order valence-electron chi connectivity index (χ2n) is 5.15. The first kappa shape index (κ1) is 14.9. The molecule has 1 saturated heterocycles. The zero-order valence-corrected chi connectivity index (χ0v) is 13.1. The molecule has 1 aliphatic rings. The molecule has 1 aliphatic heterocycles. The minimum atomic E-state index is 0.736. The summed E-state index contributed by atoms with van der Waals surface area (Å²) >= 11 is 12.3. The maximum absolute atomic E-state index is 6.20. The number of rotatable bonds is 4. The van der Waals surface area contributed by atoms with Gasteiger partial charge in [-0.15, -0.1) is 0 Å². The monoisotopic (exact) mass is 301 g/mol. The summed E-state index contributed by atoms with van der Waals surface area (Å²) < 4.78 is 0. The number of hydrogen-bond acceptors (Lipinski definition) is 3. The van der Waals surface area contributed by atoms with Crippen LogP contribution in [0.5, 0.6) is 0 Å². The van der Waals surface area contributed by atoms with E-state index in [0.717, 1.165) is 60.6 Å². The Hall–Kier alpha value is -0.480. The third-order valence-electron chi connectivity index (χ3n) is 3.59. The van der Waals surface area contributed by atoms with Gasteiger partial charge in [0.15, 0.2) is 0 Å². The molecule has 2 rings (SSSR count). The SMILES string of the molecule is Cc1cc(Cl)c(NCCN2CCN(C)CC2)cc1Cl. The van der Waals surface area contributed by atoms with Crippen LogP contribution in [-0.2, 0) is 0 Å². The Kier molecular flexibility index (Phi) is 5.34. The highest BCUT2D eigenvalue weighted by Crippen LogP contribution is 2.28. The van der Waals surface area contributed by atoms with Crippen LogP contribution in [0.25, 0.3) is 0 Å². The number of anilines is 1. The first-order valence-electron chi connectivity index (χ1n) is 6.66. The molecule has 1 aromatic rings. The standard InChI is InChI=1S/C14H21Cl2N3/c1-11-9-13(16)14(10-12(11)15)17-3-4-19-7-5-18(2)6-8-19/h9-10,17H,3-8H2,1-2H3. The molecule has 0 unspecified atom stereocenters. The number of halogens is 2. The third-order valence-corrected chi connectivity index (χ3v) is 4.31. The number of aryl methyl sites for hydroxylation is 1. The van der Waals surface area contributed by atoms with Crippen molar-refractivity contribution in [2.45, 2.75) is 6.92 Å². The van der Waals surface area contributed by atoms with E-state index < -0.39 is 0 Å². The number of likely N-dealkylation sites (N-methyl/N-ethyl adjacent to an activating group) is 1. The van der Waals surface area contributed by atoms with Crippen molar-refractivity contribution in [1.29, 1.82) is 0 Å². The molecule has 19 heavy (non-hydrogen) atoms. The zero-order chi connectivity index (χ0) is 13.8. The van der Waals surface area contributed by atoms with Gasteiger partial charge in [-0.2, -0.15) is 0 Å². The number of nitrogens with one attached hydrogen (secondary N) is 1. The molecule has 1 aromatic carbocycles. The second kappa shape index (κ2) is 6.80. The molecule has 1 N–H and O–H groups in total. The first-order chi connectivity index (χ1) is 9.06. The zero-order valence-electron chi connectivity index (χ0n) is 11.5. The lowest BCUT2D eigenvalue weighted by Gasteiger charge is -2.32. The summed E-state index contributed by atoms with van der Waals surface area (Å²) in [6.45, 7) is 8.47. The van der Waals surface area contributed by atoms with Gasteiger partial charge in [0.05, 0.1) is 10.7 Å². The highest BCUT2D eigenvalue weighted by Gasteiger charge is 2.13. The van der Waals surface area contributed by atoms with Crippen molar-refractivity contribution in [2.24, 2.45) is 0 Å². The van der Waals surface area contributed by atoms with Crippen molar-refractivity contribution in [3.8, 4) is 0 Å². The number of piperazine rings is 1. The topological polar surface area (TPSA) is 18.5 Å². The fourth-order valence-corrected chi connectivity index (χ4v) is 2.65. The Labute approximate surface area is 125 Å². The molecule has 1 fully saturated rings. The molecule has 3 nitrogen and oxygen atoms in total. The number of nitrogens with zero attached hydrogens (tertiary/aromatic N) is 2. The molecule has 106 valence electrons. The molecular formula is C14H21Cl2N3. The fraction of sp³-hybridized carbons (Fsp3) is 0.571. The van der Waals surface area contributed by atoms with E-state index in [4.69, 9.17) is 23.2 Å². The molecule has 0 aliphatic carbocycles. The minimum absolute atomic E-state index is 0.736. The van der Waals surface area contributed by atoms with Crippen LogP contribution in [0.15, 0.2) is 12.1 Å². The van der Waals surface area contributed by atoms with Gasteiger partial charge in [0.1, 0.15) is 0 Å². The molecule has 5 heteroatoms. The molecule has 0 amide bonds. The van der Waals surface area contributed by atoms with E-state index in [1.54, 1.807) is 0 Å². The van der Waals surface area contributed by atoms with Gasteiger partial charge in [-0.25, -0.2) is 0 Å². The van der Waals surface area contributed by atoms with Gasteiger partial charge in [-0.3, -0.25) is 4.90 Å². The smallest absolute Gasteiger partial charge is 0.0641 e. The van der Waals surface area contributed by atoms with Crippen LogP contribution in [0.4, 0.5) is 5.69 Å². The van der Waals surface area contributed by atoms with Crippen LogP contribution in [0.1, 0.15) is 5.56 Å². The Morgan fingerprint density at radius 2 is 1.79 bits per heavy atom. The first-order valence-corrected chi connectivity index (χ1v) is 7.42. The Morgan fingerprint density at radius 1 is 1.11 bits per heavy atom.